The van der Waals surface area contributed by atoms with Gasteiger partial charge < -0.3 is 5.32 Å². The fourth-order valence-corrected chi connectivity index (χ4v) is 2.83. The molecule has 0 aromatic carbocycles. The molecule has 1 saturated heterocycles. The molecule has 0 bridgehead atoms. The fraction of sp³-hybridized carbons (Fsp3) is 0.615. The number of nitrogens with one attached hydrogen (secondary N) is 2. The predicted molar refractivity (Wildman–Crippen MR) is 75.6 cm³/mol. The van der Waals surface area contributed by atoms with Crippen molar-refractivity contribution in [2.45, 2.75) is 32.4 Å². The summed E-state index contributed by atoms with van der Waals surface area (Å²) in [5.74, 6) is 0.439. The van der Waals surface area contributed by atoms with Crippen LogP contribution in [0.5, 0.6) is 0 Å². The van der Waals surface area contributed by atoms with Gasteiger partial charge in [0.05, 0.1) is 5.69 Å². The molecule has 3 heterocycles. The summed E-state index contributed by atoms with van der Waals surface area (Å²) in [6, 6.07) is 2.16. The fourth-order valence-electron chi connectivity index (χ4n) is 2.83. The molecule has 7 nitrogen and oxygen atoms in total. The largest absolute Gasteiger partial charge is 0.317 e. The molecule has 0 amide bonds. The summed E-state index contributed by atoms with van der Waals surface area (Å²) >= 11 is 0. The van der Waals surface area contributed by atoms with Crippen LogP contribution in [0.1, 0.15) is 25.5 Å². The Hall–Kier alpha value is -1.73. The average molecular weight is 276 g/mol. The highest BCUT2D eigenvalue weighted by atomic mass is 16.1. The molecule has 7 heteroatoms. The van der Waals surface area contributed by atoms with Crippen molar-refractivity contribution in [3.8, 4) is 0 Å². The quantitative estimate of drug-likeness (QED) is 0.821. The Kier molecular flexibility index (Phi) is 3.79. The van der Waals surface area contributed by atoms with Crippen LogP contribution in [0.2, 0.25) is 0 Å². The topological polar surface area (TPSA) is 78.3 Å². The number of rotatable bonds is 4. The van der Waals surface area contributed by atoms with Crippen molar-refractivity contribution in [3.63, 3.8) is 0 Å². The molecule has 0 saturated carbocycles. The molecule has 0 aliphatic carbocycles. The van der Waals surface area contributed by atoms with Crippen LogP contribution in [0.3, 0.4) is 0 Å². The van der Waals surface area contributed by atoms with Crippen LogP contribution in [0, 0.1) is 0 Å². The van der Waals surface area contributed by atoms with E-state index in [4.69, 9.17) is 0 Å². The first-order chi connectivity index (χ1) is 9.78. The third-order valence-corrected chi connectivity index (χ3v) is 3.92. The molecule has 2 N–H and O–H groups in total. The molecule has 3 rings (SSSR count). The van der Waals surface area contributed by atoms with Crippen molar-refractivity contribution in [1.29, 1.82) is 0 Å². The Balaban J connectivity index is 1.81. The van der Waals surface area contributed by atoms with Crippen LogP contribution in [0.15, 0.2) is 17.2 Å². The zero-order valence-corrected chi connectivity index (χ0v) is 11.7. The van der Waals surface area contributed by atoms with Crippen molar-refractivity contribution in [1.82, 2.24) is 29.8 Å². The van der Waals surface area contributed by atoms with Crippen molar-refractivity contribution >= 4 is 5.78 Å². The zero-order valence-electron chi connectivity index (χ0n) is 11.7. The SMILES string of the molecule is CCN(Cc1cc(=O)n2[nH]cnc2n1)C1CCNCC1. The second-order valence-corrected chi connectivity index (χ2v) is 5.15. The first-order valence-corrected chi connectivity index (χ1v) is 7.14. The first-order valence-electron chi connectivity index (χ1n) is 7.14. The highest BCUT2D eigenvalue weighted by Gasteiger charge is 2.20. The molecule has 0 spiro atoms. The normalized spacial score (nSPS) is 17.1. The van der Waals surface area contributed by atoms with Gasteiger partial charge in [-0.1, -0.05) is 6.92 Å². The molecule has 0 radical (unpaired) electrons. The number of aromatic amines is 1. The highest BCUT2D eigenvalue weighted by Crippen LogP contribution is 2.14. The van der Waals surface area contributed by atoms with Gasteiger partial charge in [-0.05, 0) is 32.5 Å². The highest BCUT2D eigenvalue weighted by molar-refractivity contribution is 5.26. The second kappa shape index (κ2) is 5.72. The molecule has 20 heavy (non-hydrogen) atoms. The van der Waals surface area contributed by atoms with Gasteiger partial charge in [-0.25, -0.2) is 9.97 Å². The van der Waals surface area contributed by atoms with E-state index < -0.39 is 0 Å². The standard InChI is InChI=1S/C13H20N6O/c1-2-18(11-3-5-14-6-4-11)8-10-7-12(20)19-13(17-10)15-9-16-19/h7,9,11,14H,2-6,8H2,1H3,(H,15,16,17). The number of aromatic nitrogens is 4. The third-order valence-electron chi connectivity index (χ3n) is 3.92. The number of hydrogen-bond donors (Lipinski definition) is 2. The van der Waals surface area contributed by atoms with Gasteiger partial charge in [-0.3, -0.25) is 14.8 Å². The number of hydrogen-bond acceptors (Lipinski definition) is 5. The summed E-state index contributed by atoms with van der Waals surface area (Å²) in [5.41, 5.74) is 0.686. The van der Waals surface area contributed by atoms with Gasteiger partial charge in [0.2, 0.25) is 0 Å². The van der Waals surface area contributed by atoms with E-state index in [-0.39, 0.29) is 5.56 Å². The molecule has 1 aliphatic heterocycles. The summed E-state index contributed by atoms with van der Waals surface area (Å²) in [6.45, 7) is 5.96. The Morgan fingerprint density at radius 2 is 2.25 bits per heavy atom. The van der Waals surface area contributed by atoms with Crippen molar-refractivity contribution in [2.24, 2.45) is 0 Å². The first kappa shape index (κ1) is 13.3. The summed E-state index contributed by atoms with van der Waals surface area (Å²) in [5, 5.41) is 6.13. The van der Waals surface area contributed by atoms with Gasteiger partial charge in [0.1, 0.15) is 6.33 Å². The van der Waals surface area contributed by atoms with Crippen molar-refractivity contribution in [2.75, 3.05) is 19.6 Å². The van der Waals surface area contributed by atoms with E-state index in [9.17, 15) is 4.79 Å². The van der Waals surface area contributed by atoms with Crippen molar-refractivity contribution in [3.05, 3.63) is 28.4 Å². The van der Waals surface area contributed by atoms with Gasteiger partial charge in [0, 0.05) is 18.7 Å². The average Bonchev–Trinajstić information content (AvgIpc) is 2.94. The van der Waals surface area contributed by atoms with Crippen LogP contribution in [0.25, 0.3) is 5.78 Å². The molecule has 0 unspecified atom stereocenters. The molecular weight excluding hydrogens is 256 g/mol. The molecule has 108 valence electrons. The summed E-state index contributed by atoms with van der Waals surface area (Å²) in [6.07, 6.45) is 3.78. The summed E-state index contributed by atoms with van der Waals surface area (Å²) < 4.78 is 1.35. The zero-order chi connectivity index (χ0) is 13.9. The lowest BCUT2D eigenvalue weighted by atomic mass is 10.0. The number of fused-ring (bicyclic) bond motifs is 1. The summed E-state index contributed by atoms with van der Waals surface area (Å²) in [4.78, 5) is 22.8. The third kappa shape index (κ3) is 2.59. The van der Waals surface area contributed by atoms with Crippen LogP contribution >= 0.6 is 0 Å². The Bertz CT molecular complexity index is 627. The lowest BCUT2D eigenvalue weighted by Gasteiger charge is -2.33. The van der Waals surface area contributed by atoms with E-state index in [1.165, 1.54) is 10.8 Å². The van der Waals surface area contributed by atoms with E-state index in [1.54, 1.807) is 6.07 Å². The molecule has 2 aromatic heterocycles. The van der Waals surface area contributed by atoms with E-state index in [2.05, 4.69) is 32.2 Å². The van der Waals surface area contributed by atoms with E-state index in [0.29, 0.717) is 18.4 Å². The maximum absolute atomic E-state index is 11.9. The van der Waals surface area contributed by atoms with E-state index in [0.717, 1.165) is 38.2 Å². The number of H-pyrrole nitrogens is 1. The maximum Gasteiger partial charge on any atom is 0.274 e. The van der Waals surface area contributed by atoms with Crippen molar-refractivity contribution < 1.29 is 0 Å². The van der Waals surface area contributed by atoms with Crippen LogP contribution in [0.4, 0.5) is 0 Å². The molecule has 1 fully saturated rings. The number of piperidine rings is 1. The van der Waals surface area contributed by atoms with E-state index in [1.807, 2.05) is 0 Å². The Morgan fingerprint density at radius 1 is 1.45 bits per heavy atom. The van der Waals surface area contributed by atoms with Gasteiger partial charge in [-0.15, -0.1) is 0 Å². The minimum Gasteiger partial charge on any atom is -0.317 e. The van der Waals surface area contributed by atoms with E-state index >= 15 is 0 Å². The van der Waals surface area contributed by atoms with Gasteiger partial charge in [-0.2, -0.15) is 4.52 Å². The number of nitrogens with zero attached hydrogens (tertiary/aromatic N) is 4. The second-order valence-electron chi connectivity index (χ2n) is 5.15. The molecule has 0 atom stereocenters. The minimum atomic E-state index is -0.108. The summed E-state index contributed by atoms with van der Waals surface area (Å²) in [7, 11) is 0. The molecular formula is C13H20N6O. The van der Waals surface area contributed by atoms with Crippen LogP contribution in [-0.4, -0.2) is 50.2 Å². The lowest BCUT2D eigenvalue weighted by molar-refractivity contribution is 0.160. The molecule has 2 aromatic rings. The van der Waals surface area contributed by atoms with Gasteiger partial charge in [0.15, 0.2) is 0 Å². The smallest absolute Gasteiger partial charge is 0.274 e. The maximum atomic E-state index is 11.9. The minimum absolute atomic E-state index is 0.108. The molecule has 1 aliphatic rings. The van der Waals surface area contributed by atoms with Gasteiger partial charge >= 0.3 is 0 Å². The predicted octanol–water partition coefficient (Wildman–Crippen LogP) is -0.00850. The van der Waals surface area contributed by atoms with Crippen LogP contribution < -0.4 is 10.9 Å². The Labute approximate surface area is 117 Å². The van der Waals surface area contributed by atoms with Gasteiger partial charge in [0.25, 0.3) is 11.3 Å². The monoisotopic (exact) mass is 276 g/mol. The lowest BCUT2D eigenvalue weighted by Crippen LogP contribution is -2.42. The van der Waals surface area contributed by atoms with Crippen LogP contribution in [-0.2, 0) is 6.54 Å². The Morgan fingerprint density at radius 3 is 3.00 bits per heavy atom.